The molecule has 1 heterocycles. The highest BCUT2D eigenvalue weighted by Crippen LogP contribution is 2.26. The monoisotopic (exact) mass is 530 g/mol. The van der Waals surface area contributed by atoms with Crippen molar-refractivity contribution in [3.8, 4) is 0 Å². The molecule has 13 heteroatoms. The van der Waals surface area contributed by atoms with E-state index in [0.29, 0.717) is 19.4 Å². The summed E-state index contributed by atoms with van der Waals surface area (Å²) in [4.78, 5) is 49.9. The minimum atomic E-state index is -1.74. The second-order valence-corrected chi connectivity index (χ2v) is 11.7. The molecule has 190 valence electrons. The van der Waals surface area contributed by atoms with Gasteiger partial charge in [-0.2, -0.15) is 0 Å². The molecule has 0 aliphatic carbocycles. The lowest BCUT2D eigenvalue weighted by Crippen LogP contribution is -2.61. The molecule has 1 saturated heterocycles. The van der Waals surface area contributed by atoms with Gasteiger partial charge in [0, 0.05) is 6.54 Å². The smallest absolute Gasteiger partial charge is 0.408 e. The number of nitrogens with zero attached hydrogens (tertiary/aromatic N) is 1. The number of rotatable bonds is 7. The first-order chi connectivity index (χ1) is 15.0. The molecule has 3 amide bonds. The Labute approximate surface area is 209 Å². The SMILES string of the molecule is CC(NC(=O)C(NC(=O)OC(C)(C)C)C(C)C)C(=O)N1CCCC(C(=O)OCC(Cl)(Cl)Cl)N1. The molecule has 0 aromatic carbocycles. The van der Waals surface area contributed by atoms with E-state index in [-0.39, 0.29) is 5.92 Å². The number of carbonyl (C=O) groups is 4. The highest BCUT2D eigenvalue weighted by molar-refractivity contribution is 6.67. The molecule has 0 aromatic heterocycles. The fourth-order valence-electron chi connectivity index (χ4n) is 2.94. The van der Waals surface area contributed by atoms with Crippen LogP contribution in [0.2, 0.25) is 0 Å². The van der Waals surface area contributed by atoms with E-state index in [9.17, 15) is 19.2 Å². The summed E-state index contributed by atoms with van der Waals surface area (Å²) in [5, 5.41) is 6.40. The molecule has 0 bridgehead atoms. The van der Waals surface area contributed by atoms with Gasteiger partial charge >= 0.3 is 12.1 Å². The number of hydrogen-bond donors (Lipinski definition) is 3. The summed E-state index contributed by atoms with van der Waals surface area (Å²) in [6.45, 7) is 10.1. The van der Waals surface area contributed by atoms with Gasteiger partial charge in [0.05, 0.1) is 0 Å². The topological polar surface area (TPSA) is 126 Å². The van der Waals surface area contributed by atoms with Gasteiger partial charge in [0.25, 0.3) is 5.91 Å². The first kappa shape index (κ1) is 29.5. The van der Waals surface area contributed by atoms with Crippen LogP contribution in [0.1, 0.15) is 54.4 Å². The minimum Gasteiger partial charge on any atom is -0.460 e. The Bertz CT molecular complexity index is 724. The lowest BCUT2D eigenvalue weighted by molar-refractivity contribution is -0.152. The van der Waals surface area contributed by atoms with Crippen molar-refractivity contribution >= 4 is 58.7 Å². The third-order valence-electron chi connectivity index (χ3n) is 4.47. The fourth-order valence-corrected chi connectivity index (χ4v) is 3.10. The van der Waals surface area contributed by atoms with Gasteiger partial charge < -0.3 is 20.1 Å². The second kappa shape index (κ2) is 12.3. The summed E-state index contributed by atoms with van der Waals surface area (Å²) >= 11 is 16.8. The number of amides is 3. The number of ether oxygens (including phenoxy) is 2. The molecule has 3 N–H and O–H groups in total. The van der Waals surface area contributed by atoms with Gasteiger partial charge in [-0.05, 0) is 46.5 Å². The number of alkyl halides is 3. The first-order valence-corrected chi connectivity index (χ1v) is 11.7. The molecule has 33 heavy (non-hydrogen) atoms. The molecule has 3 atom stereocenters. The van der Waals surface area contributed by atoms with E-state index >= 15 is 0 Å². The number of hydrazine groups is 1. The Hall–Kier alpha value is -1.49. The third kappa shape index (κ3) is 11.0. The molecule has 10 nitrogen and oxygen atoms in total. The molecule has 3 unspecified atom stereocenters. The predicted octanol–water partition coefficient (Wildman–Crippen LogP) is 2.45. The maximum absolute atomic E-state index is 12.8. The molecule has 0 aromatic rings. The minimum absolute atomic E-state index is 0.259. The van der Waals surface area contributed by atoms with Crippen LogP contribution in [0, 0.1) is 5.92 Å². The van der Waals surface area contributed by atoms with Gasteiger partial charge in [-0.3, -0.25) is 19.4 Å². The zero-order valence-electron chi connectivity index (χ0n) is 19.7. The van der Waals surface area contributed by atoms with Gasteiger partial charge in [0.15, 0.2) is 0 Å². The summed E-state index contributed by atoms with van der Waals surface area (Å²) in [7, 11) is 0. The molecule has 1 rings (SSSR count). The number of nitrogens with one attached hydrogen (secondary N) is 3. The second-order valence-electron chi connectivity index (χ2n) is 9.13. The van der Waals surface area contributed by atoms with E-state index in [0.717, 1.165) is 0 Å². The highest BCUT2D eigenvalue weighted by atomic mass is 35.6. The lowest BCUT2D eigenvalue weighted by atomic mass is 10.0. The zero-order chi connectivity index (χ0) is 25.6. The molecular weight excluding hydrogens is 499 g/mol. The van der Waals surface area contributed by atoms with Crippen molar-refractivity contribution < 1.29 is 28.7 Å². The Morgan fingerprint density at radius 1 is 1.09 bits per heavy atom. The zero-order valence-corrected chi connectivity index (χ0v) is 21.9. The summed E-state index contributed by atoms with van der Waals surface area (Å²) in [6.07, 6.45) is 0.226. The number of halogens is 3. The summed E-state index contributed by atoms with van der Waals surface area (Å²) in [5.74, 6) is -1.91. The Morgan fingerprint density at radius 3 is 2.21 bits per heavy atom. The first-order valence-electron chi connectivity index (χ1n) is 10.6. The molecule has 0 saturated carbocycles. The van der Waals surface area contributed by atoms with Crippen LogP contribution >= 0.6 is 34.8 Å². The molecule has 1 fully saturated rings. The normalized spacial score (nSPS) is 18.8. The molecule has 0 radical (unpaired) electrons. The lowest BCUT2D eigenvalue weighted by Gasteiger charge is -2.34. The van der Waals surface area contributed by atoms with Crippen molar-refractivity contribution in [2.75, 3.05) is 13.2 Å². The molecule has 1 aliphatic rings. The summed E-state index contributed by atoms with van der Waals surface area (Å²) in [5.41, 5.74) is 2.07. The largest absolute Gasteiger partial charge is 0.460 e. The number of hydrogen-bond acceptors (Lipinski definition) is 7. The van der Waals surface area contributed by atoms with Gasteiger partial charge in [-0.25, -0.2) is 10.2 Å². The van der Waals surface area contributed by atoms with Crippen LogP contribution in [-0.4, -0.2) is 69.6 Å². The average Bonchev–Trinajstić information content (AvgIpc) is 2.67. The van der Waals surface area contributed by atoms with Crippen LogP contribution in [0.3, 0.4) is 0 Å². The van der Waals surface area contributed by atoms with Gasteiger partial charge in [-0.15, -0.1) is 0 Å². The quantitative estimate of drug-likeness (QED) is 0.340. The van der Waals surface area contributed by atoms with Crippen LogP contribution < -0.4 is 16.1 Å². The van der Waals surface area contributed by atoms with E-state index < -0.39 is 58.0 Å². The maximum atomic E-state index is 12.8. The van der Waals surface area contributed by atoms with Crippen LogP contribution in [0.25, 0.3) is 0 Å². The van der Waals surface area contributed by atoms with Gasteiger partial charge in [0.2, 0.25) is 9.70 Å². The molecule has 1 aliphatic heterocycles. The predicted molar refractivity (Wildman–Crippen MR) is 125 cm³/mol. The summed E-state index contributed by atoms with van der Waals surface area (Å²) < 4.78 is 8.44. The van der Waals surface area contributed by atoms with E-state index in [1.54, 1.807) is 34.6 Å². The third-order valence-corrected chi connectivity index (χ3v) is 4.79. The Kier molecular flexibility index (Phi) is 11.0. The number of esters is 1. The van der Waals surface area contributed by atoms with E-state index in [2.05, 4.69) is 16.1 Å². The standard InChI is InChI=1S/C20H33Cl3N4O6/c1-11(2)14(25-18(31)33-19(4,5)6)15(28)24-12(3)16(29)27-9-7-8-13(26-27)17(30)32-10-20(21,22)23/h11-14,26H,7-10H2,1-6H3,(H,24,28)(H,25,31). The van der Waals surface area contributed by atoms with Gasteiger partial charge in [0.1, 0.15) is 30.3 Å². The van der Waals surface area contributed by atoms with Crippen molar-refractivity contribution in [3.63, 3.8) is 0 Å². The van der Waals surface area contributed by atoms with Crippen molar-refractivity contribution in [2.24, 2.45) is 5.92 Å². The van der Waals surface area contributed by atoms with Crippen LogP contribution in [0.15, 0.2) is 0 Å². The van der Waals surface area contributed by atoms with Crippen molar-refractivity contribution in [2.45, 2.75) is 81.9 Å². The fraction of sp³-hybridized carbons (Fsp3) is 0.800. The van der Waals surface area contributed by atoms with Crippen LogP contribution in [-0.2, 0) is 23.9 Å². The Balaban J connectivity index is 2.70. The van der Waals surface area contributed by atoms with E-state index in [4.69, 9.17) is 44.3 Å². The van der Waals surface area contributed by atoms with Crippen LogP contribution in [0.5, 0.6) is 0 Å². The molecular formula is C20H33Cl3N4O6. The van der Waals surface area contributed by atoms with E-state index in [1.807, 2.05) is 0 Å². The van der Waals surface area contributed by atoms with Crippen LogP contribution in [0.4, 0.5) is 4.79 Å². The van der Waals surface area contributed by atoms with E-state index in [1.165, 1.54) is 11.9 Å². The highest BCUT2D eigenvalue weighted by Gasteiger charge is 2.34. The van der Waals surface area contributed by atoms with Crippen molar-refractivity contribution in [1.82, 2.24) is 21.1 Å². The van der Waals surface area contributed by atoms with Crippen molar-refractivity contribution in [3.05, 3.63) is 0 Å². The van der Waals surface area contributed by atoms with Gasteiger partial charge in [-0.1, -0.05) is 48.7 Å². The maximum Gasteiger partial charge on any atom is 0.408 e. The number of alkyl carbamates (subject to hydrolysis) is 1. The number of carbonyl (C=O) groups excluding carboxylic acids is 4. The Morgan fingerprint density at radius 2 is 1.70 bits per heavy atom. The average molecular weight is 532 g/mol. The van der Waals surface area contributed by atoms with Crippen molar-refractivity contribution in [1.29, 1.82) is 0 Å². The molecule has 0 spiro atoms. The summed E-state index contributed by atoms with van der Waals surface area (Å²) in [6, 6.07) is -2.63.